The number of benzene rings is 2. The van der Waals surface area contributed by atoms with Gasteiger partial charge in [0.15, 0.2) is 0 Å². The zero-order chi connectivity index (χ0) is 22.9. The summed E-state index contributed by atoms with van der Waals surface area (Å²) in [5.41, 5.74) is 1.78. The third-order valence-electron chi connectivity index (χ3n) is 5.24. The molecule has 0 saturated carbocycles. The zero-order valence-corrected chi connectivity index (χ0v) is 18.5. The second-order valence-corrected chi connectivity index (χ2v) is 7.54. The molecule has 2 aromatic rings. The summed E-state index contributed by atoms with van der Waals surface area (Å²) < 4.78 is 19.5. The normalized spacial score (nSPS) is 15.4. The minimum absolute atomic E-state index is 0.156. The van der Waals surface area contributed by atoms with Gasteiger partial charge < -0.3 is 15.0 Å². The standard InChI is InChI=1S/C24H29FN4O3/c1-3-13-26-24(31)28(14-15-32-2)17-23(30)29-22(18-9-5-4-6-10-18)16-21(27-29)19-11-7-8-12-20(19)25/h4-12,22H,3,13-17H2,1-2H3,(H,26,31)/t22-/m0/s1. The lowest BCUT2D eigenvalue weighted by molar-refractivity contribution is -0.133. The van der Waals surface area contributed by atoms with Gasteiger partial charge in [-0.25, -0.2) is 14.2 Å². The molecule has 0 fully saturated rings. The van der Waals surface area contributed by atoms with E-state index in [0.717, 1.165) is 12.0 Å². The van der Waals surface area contributed by atoms with Crippen LogP contribution in [-0.4, -0.2) is 60.9 Å². The summed E-state index contributed by atoms with van der Waals surface area (Å²) in [5.74, 6) is -0.721. The smallest absolute Gasteiger partial charge is 0.317 e. The number of urea groups is 1. The van der Waals surface area contributed by atoms with Crippen LogP contribution in [0.2, 0.25) is 0 Å². The van der Waals surface area contributed by atoms with Gasteiger partial charge in [0.25, 0.3) is 5.91 Å². The first kappa shape index (κ1) is 23.4. The molecule has 1 aliphatic rings. The molecule has 0 bridgehead atoms. The van der Waals surface area contributed by atoms with Crippen LogP contribution in [-0.2, 0) is 9.53 Å². The number of nitrogens with zero attached hydrogens (tertiary/aromatic N) is 3. The fourth-order valence-electron chi connectivity index (χ4n) is 3.57. The predicted octanol–water partition coefficient (Wildman–Crippen LogP) is 3.57. The minimum atomic E-state index is -0.381. The van der Waals surface area contributed by atoms with Crippen LogP contribution >= 0.6 is 0 Å². The Kier molecular flexibility index (Phi) is 8.33. The summed E-state index contributed by atoms with van der Waals surface area (Å²) in [6.07, 6.45) is 1.17. The molecule has 32 heavy (non-hydrogen) atoms. The van der Waals surface area contributed by atoms with Crippen LogP contribution < -0.4 is 5.32 Å². The molecule has 0 aliphatic carbocycles. The zero-order valence-electron chi connectivity index (χ0n) is 18.5. The SMILES string of the molecule is CCCNC(=O)N(CCOC)CC(=O)N1N=C(c2ccccc2F)C[C@H]1c1ccccc1. The van der Waals surface area contributed by atoms with E-state index in [-0.39, 0.29) is 36.9 Å². The number of amides is 3. The third kappa shape index (κ3) is 5.70. The molecular weight excluding hydrogens is 411 g/mol. The maximum absolute atomic E-state index is 14.4. The second kappa shape index (κ2) is 11.4. The van der Waals surface area contributed by atoms with Crippen LogP contribution in [0.5, 0.6) is 0 Å². The van der Waals surface area contributed by atoms with E-state index in [1.165, 1.54) is 16.0 Å². The van der Waals surface area contributed by atoms with Gasteiger partial charge in [0, 0.05) is 32.2 Å². The van der Waals surface area contributed by atoms with Crippen molar-refractivity contribution in [3.8, 4) is 0 Å². The van der Waals surface area contributed by atoms with E-state index in [4.69, 9.17) is 4.74 Å². The van der Waals surface area contributed by atoms with Crippen molar-refractivity contribution in [3.05, 3.63) is 71.5 Å². The molecule has 0 spiro atoms. The Balaban J connectivity index is 1.86. The Morgan fingerprint density at radius 2 is 1.91 bits per heavy atom. The number of halogens is 1. The lowest BCUT2D eigenvalue weighted by atomic mass is 9.98. The molecule has 0 aromatic heterocycles. The number of hydrogen-bond acceptors (Lipinski definition) is 4. The molecule has 3 rings (SSSR count). The van der Waals surface area contributed by atoms with Crippen molar-refractivity contribution in [2.45, 2.75) is 25.8 Å². The van der Waals surface area contributed by atoms with Crippen molar-refractivity contribution >= 4 is 17.6 Å². The van der Waals surface area contributed by atoms with Crippen LogP contribution in [0, 0.1) is 5.82 Å². The van der Waals surface area contributed by atoms with Crippen molar-refractivity contribution in [2.75, 3.05) is 33.4 Å². The summed E-state index contributed by atoms with van der Waals surface area (Å²) in [5, 5.41) is 8.68. The molecule has 170 valence electrons. The van der Waals surface area contributed by atoms with E-state index in [1.54, 1.807) is 25.3 Å². The Morgan fingerprint density at radius 1 is 1.19 bits per heavy atom. The fraction of sp³-hybridized carbons (Fsp3) is 0.375. The van der Waals surface area contributed by atoms with Gasteiger partial charge >= 0.3 is 6.03 Å². The number of methoxy groups -OCH3 is 1. The molecule has 1 atom stereocenters. The highest BCUT2D eigenvalue weighted by Crippen LogP contribution is 2.33. The Morgan fingerprint density at radius 3 is 2.59 bits per heavy atom. The van der Waals surface area contributed by atoms with Crippen LogP contribution in [0.3, 0.4) is 0 Å². The van der Waals surface area contributed by atoms with Gasteiger partial charge in [0.05, 0.1) is 18.4 Å². The molecule has 1 heterocycles. The summed E-state index contributed by atoms with van der Waals surface area (Å²) >= 11 is 0. The quantitative estimate of drug-likeness (QED) is 0.648. The maximum atomic E-state index is 14.4. The van der Waals surface area contributed by atoms with Gasteiger partial charge in [-0.3, -0.25) is 4.79 Å². The predicted molar refractivity (Wildman–Crippen MR) is 121 cm³/mol. The summed E-state index contributed by atoms with van der Waals surface area (Å²) in [6, 6.07) is 15.2. The van der Waals surface area contributed by atoms with E-state index in [0.29, 0.717) is 30.8 Å². The molecule has 2 aromatic carbocycles. The van der Waals surface area contributed by atoms with Gasteiger partial charge in [-0.2, -0.15) is 5.10 Å². The molecule has 0 saturated heterocycles. The Bertz CT molecular complexity index is 951. The molecule has 1 aliphatic heterocycles. The molecule has 0 radical (unpaired) electrons. The fourth-order valence-corrected chi connectivity index (χ4v) is 3.57. The lowest BCUT2D eigenvalue weighted by Gasteiger charge is -2.27. The number of carbonyl (C=O) groups excluding carboxylic acids is 2. The second-order valence-electron chi connectivity index (χ2n) is 7.54. The Labute approximate surface area is 187 Å². The van der Waals surface area contributed by atoms with E-state index < -0.39 is 0 Å². The largest absolute Gasteiger partial charge is 0.383 e. The van der Waals surface area contributed by atoms with E-state index in [9.17, 15) is 14.0 Å². The topological polar surface area (TPSA) is 74.2 Å². The molecule has 0 unspecified atom stereocenters. The van der Waals surface area contributed by atoms with Crippen LogP contribution in [0.4, 0.5) is 9.18 Å². The van der Waals surface area contributed by atoms with Crippen LogP contribution in [0.15, 0.2) is 59.7 Å². The van der Waals surface area contributed by atoms with E-state index in [1.807, 2.05) is 37.3 Å². The van der Waals surface area contributed by atoms with Crippen molar-refractivity contribution in [2.24, 2.45) is 5.10 Å². The summed E-state index contributed by atoms with van der Waals surface area (Å²) in [4.78, 5) is 27.3. The highest BCUT2D eigenvalue weighted by Gasteiger charge is 2.34. The maximum Gasteiger partial charge on any atom is 0.317 e. The number of nitrogens with one attached hydrogen (secondary N) is 1. The van der Waals surface area contributed by atoms with Crippen molar-refractivity contribution in [1.29, 1.82) is 0 Å². The van der Waals surface area contributed by atoms with Gasteiger partial charge in [0.1, 0.15) is 12.4 Å². The number of hydrogen-bond donors (Lipinski definition) is 1. The summed E-state index contributed by atoms with van der Waals surface area (Å²) in [7, 11) is 1.54. The van der Waals surface area contributed by atoms with Crippen LogP contribution in [0.25, 0.3) is 0 Å². The average molecular weight is 441 g/mol. The van der Waals surface area contributed by atoms with Gasteiger partial charge in [-0.15, -0.1) is 0 Å². The molecule has 1 N–H and O–H groups in total. The highest BCUT2D eigenvalue weighted by molar-refractivity contribution is 6.03. The Hall–Kier alpha value is -3.26. The first-order chi connectivity index (χ1) is 15.5. The molecular formula is C24H29FN4O3. The number of rotatable bonds is 9. The number of ether oxygens (including phenoxy) is 1. The number of hydrazone groups is 1. The molecule has 7 nitrogen and oxygen atoms in total. The molecule has 8 heteroatoms. The van der Waals surface area contributed by atoms with Gasteiger partial charge in [-0.05, 0) is 18.1 Å². The highest BCUT2D eigenvalue weighted by atomic mass is 19.1. The van der Waals surface area contributed by atoms with Gasteiger partial charge in [-0.1, -0.05) is 55.5 Å². The van der Waals surface area contributed by atoms with Crippen LogP contribution in [0.1, 0.15) is 36.9 Å². The van der Waals surface area contributed by atoms with E-state index >= 15 is 0 Å². The van der Waals surface area contributed by atoms with Crippen molar-refractivity contribution in [1.82, 2.24) is 15.2 Å². The minimum Gasteiger partial charge on any atom is -0.383 e. The van der Waals surface area contributed by atoms with Crippen molar-refractivity contribution in [3.63, 3.8) is 0 Å². The monoisotopic (exact) mass is 440 g/mol. The van der Waals surface area contributed by atoms with Crippen molar-refractivity contribution < 1.29 is 18.7 Å². The average Bonchev–Trinajstić information content (AvgIpc) is 3.26. The summed E-state index contributed by atoms with van der Waals surface area (Å²) in [6.45, 7) is 2.89. The first-order valence-electron chi connectivity index (χ1n) is 10.8. The number of carbonyl (C=O) groups is 2. The van der Waals surface area contributed by atoms with E-state index in [2.05, 4.69) is 10.4 Å². The first-order valence-corrected chi connectivity index (χ1v) is 10.8. The molecule has 3 amide bonds. The third-order valence-corrected chi connectivity index (χ3v) is 5.24. The van der Waals surface area contributed by atoms with Gasteiger partial charge in [0.2, 0.25) is 0 Å². The lowest BCUT2D eigenvalue weighted by Crippen LogP contribution is -2.47.